The topological polar surface area (TPSA) is 81.4 Å². The van der Waals surface area contributed by atoms with E-state index in [-0.39, 0.29) is 0 Å². The lowest BCUT2D eigenvalue weighted by Gasteiger charge is -2.09. The first-order valence-electron chi connectivity index (χ1n) is 4.41. The Balaban J connectivity index is 3.06. The molecule has 0 bridgehead atoms. The molecule has 1 radical (unpaired) electrons. The highest BCUT2D eigenvalue weighted by atomic mass is 16.6. The van der Waals surface area contributed by atoms with Gasteiger partial charge in [-0.15, -0.1) is 0 Å². The molecular formula is C10H11N2O3. The van der Waals surface area contributed by atoms with Gasteiger partial charge >= 0.3 is 6.09 Å². The van der Waals surface area contributed by atoms with Crippen LogP contribution in [0.4, 0.5) is 4.79 Å². The van der Waals surface area contributed by atoms with Crippen LogP contribution < -0.4 is 16.0 Å². The molecule has 0 atom stereocenters. The summed E-state index contributed by atoms with van der Waals surface area (Å²) in [5.41, 5.74) is 2.87. The molecule has 79 valence electrons. The van der Waals surface area contributed by atoms with Crippen molar-refractivity contribution < 1.29 is 14.3 Å². The van der Waals surface area contributed by atoms with Crippen molar-refractivity contribution in [1.29, 1.82) is 0 Å². The van der Waals surface area contributed by atoms with Gasteiger partial charge in [-0.2, -0.15) is 0 Å². The monoisotopic (exact) mass is 207 g/mol. The van der Waals surface area contributed by atoms with Crippen LogP contribution in [-0.4, -0.2) is 12.4 Å². The number of hydrogen-bond acceptors (Lipinski definition) is 4. The van der Waals surface area contributed by atoms with Crippen molar-refractivity contribution in [3.8, 4) is 5.75 Å². The van der Waals surface area contributed by atoms with Crippen molar-refractivity contribution in [2.45, 2.75) is 13.3 Å². The van der Waals surface area contributed by atoms with Crippen molar-refractivity contribution in [1.82, 2.24) is 5.43 Å². The fraction of sp³-hybridized carbons (Fsp3) is 0.200. The second-order valence-corrected chi connectivity index (χ2v) is 2.77. The van der Waals surface area contributed by atoms with E-state index in [1.807, 2.05) is 12.3 Å². The predicted molar refractivity (Wildman–Crippen MR) is 54.0 cm³/mol. The van der Waals surface area contributed by atoms with Crippen LogP contribution in [0.5, 0.6) is 5.75 Å². The van der Waals surface area contributed by atoms with Gasteiger partial charge in [0.05, 0.1) is 0 Å². The van der Waals surface area contributed by atoms with Gasteiger partial charge in [-0.3, -0.25) is 10.2 Å². The first-order chi connectivity index (χ1) is 7.22. The molecule has 0 aromatic heterocycles. The van der Waals surface area contributed by atoms with Crippen molar-refractivity contribution in [2.24, 2.45) is 5.84 Å². The number of hydrogen-bond donors (Lipinski definition) is 2. The highest BCUT2D eigenvalue weighted by Gasteiger charge is 2.10. The van der Waals surface area contributed by atoms with Crippen LogP contribution in [0.1, 0.15) is 18.1 Å². The van der Waals surface area contributed by atoms with E-state index in [4.69, 9.17) is 10.6 Å². The number of benzene rings is 1. The van der Waals surface area contributed by atoms with Gasteiger partial charge in [0.25, 0.3) is 0 Å². The van der Waals surface area contributed by atoms with E-state index in [1.165, 1.54) is 0 Å². The van der Waals surface area contributed by atoms with Gasteiger partial charge in [0, 0.05) is 11.1 Å². The normalized spacial score (nSPS) is 9.47. The highest BCUT2D eigenvalue weighted by molar-refractivity contribution is 5.80. The number of ether oxygens (including phenoxy) is 1. The maximum absolute atomic E-state index is 10.9. The molecule has 1 amide bonds. The van der Waals surface area contributed by atoms with E-state index in [0.29, 0.717) is 23.3 Å². The lowest BCUT2D eigenvalue weighted by Crippen LogP contribution is -2.33. The zero-order valence-corrected chi connectivity index (χ0v) is 8.24. The van der Waals surface area contributed by atoms with Crippen LogP contribution in [0.25, 0.3) is 0 Å². The second-order valence-electron chi connectivity index (χ2n) is 2.77. The third kappa shape index (κ3) is 2.54. The van der Waals surface area contributed by atoms with Crippen molar-refractivity contribution >= 4 is 12.4 Å². The Labute approximate surface area is 87.2 Å². The average molecular weight is 207 g/mol. The number of hydrazine groups is 1. The van der Waals surface area contributed by atoms with Crippen LogP contribution in [0.15, 0.2) is 18.2 Å². The average Bonchev–Trinajstić information content (AvgIpc) is 2.28. The minimum absolute atomic E-state index is 0.321. The van der Waals surface area contributed by atoms with Gasteiger partial charge in [0.15, 0.2) is 0 Å². The third-order valence-electron chi connectivity index (χ3n) is 1.92. The van der Waals surface area contributed by atoms with E-state index < -0.39 is 6.09 Å². The van der Waals surface area contributed by atoms with Crippen LogP contribution in [0, 0.1) is 0 Å². The van der Waals surface area contributed by atoms with E-state index in [2.05, 4.69) is 0 Å². The van der Waals surface area contributed by atoms with Gasteiger partial charge in [-0.25, -0.2) is 10.6 Å². The predicted octanol–water partition coefficient (Wildman–Crippen LogP) is 0.669. The Kier molecular flexibility index (Phi) is 3.82. The Morgan fingerprint density at radius 2 is 2.33 bits per heavy atom. The molecule has 15 heavy (non-hydrogen) atoms. The Hall–Kier alpha value is -1.88. The molecular weight excluding hydrogens is 196 g/mol. The van der Waals surface area contributed by atoms with Gasteiger partial charge in [0.2, 0.25) is 6.29 Å². The zero-order chi connectivity index (χ0) is 11.3. The van der Waals surface area contributed by atoms with E-state index in [0.717, 1.165) is 0 Å². The van der Waals surface area contributed by atoms with E-state index in [9.17, 15) is 9.59 Å². The Morgan fingerprint density at radius 3 is 2.87 bits per heavy atom. The SMILES string of the molecule is CCc1c([C]=O)cccc1OC(=O)NN. The molecule has 0 aliphatic heterocycles. The fourth-order valence-corrected chi connectivity index (χ4v) is 1.25. The van der Waals surface area contributed by atoms with Crippen LogP contribution in [-0.2, 0) is 11.2 Å². The van der Waals surface area contributed by atoms with Gasteiger partial charge < -0.3 is 4.74 Å². The quantitative estimate of drug-likeness (QED) is 0.433. The molecule has 1 rings (SSSR count). The summed E-state index contributed by atoms with van der Waals surface area (Å²) in [5, 5.41) is 0. The maximum atomic E-state index is 10.9. The number of rotatable bonds is 3. The maximum Gasteiger partial charge on any atom is 0.426 e. The lowest BCUT2D eigenvalue weighted by molar-refractivity contribution is 0.200. The molecule has 3 N–H and O–H groups in total. The molecule has 0 saturated carbocycles. The molecule has 0 heterocycles. The van der Waals surface area contributed by atoms with Gasteiger partial charge in [0.1, 0.15) is 5.75 Å². The molecule has 0 saturated heterocycles. The molecule has 0 spiro atoms. The Bertz CT molecular complexity index is 377. The molecule has 5 heteroatoms. The van der Waals surface area contributed by atoms with E-state index >= 15 is 0 Å². The van der Waals surface area contributed by atoms with E-state index in [1.54, 1.807) is 24.5 Å². The lowest BCUT2D eigenvalue weighted by atomic mass is 10.1. The molecule has 5 nitrogen and oxygen atoms in total. The minimum Gasteiger partial charge on any atom is -0.409 e. The van der Waals surface area contributed by atoms with Gasteiger partial charge in [-0.05, 0) is 12.5 Å². The first kappa shape index (κ1) is 11.2. The molecule has 0 fully saturated rings. The third-order valence-corrected chi connectivity index (χ3v) is 1.92. The molecule has 1 aromatic rings. The Morgan fingerprint density at radius 1 is 1.60 bits per heavy atom. The summed E-state index contributed by atoms with van der Waals surface area (Å²) in [6.07, 6.45) is 1.58. The summed E-state index contributed by atoms with van der Waals surface area (Å²) in [6.45, 7) is 1.85. The standard InChI is InChI=1S/C10H11N2O3/c1-2-8-7(6-13)4-3-5-9(8)15-10(14)12-11/h3-5H,2,11H2,1H3,(H,12,14). The van der Waals surface area contributed by atoms with Crippen LogP contribution in [0.2, 0.25) is 0 Å². The summed E-state index contributed by atoms with van der Waals surface area (Å²) in [6, 6.07) is 4.81. The molecule has 0 aliphatic rings. The van der Waals surface area contributed by atoms with Crippen LogP contribution in [0.3, 0.4) is 0 Å². The molecule has 0 aliphatic carbocycles. The van der Waals surface area contributed by atoms with Crippen molar-refractivity contribution in [3.63, 3.8) is 0 Å². The summed E-state index contributed by atoms with van der Waals surface area (Å²) in [7, 11) is 0. The fourth-order valence-electron chi connectivity index (χ4n) is 1.25. The zero-order valence-electron chi connectivity index (χ0n) is 8.24. The first-order valence-corrected chi connectivity index (χ1v) is 4.41. The number of amides is 1. The van der Waals surface area contributed by atoms with Crippen LogP contribution >= 0.6 is 0 Å². The summed E-state index contributed by atoms with van der Waals surface area (Å²) in [5.74, 6) is 5.20. The second kappa shape index (κ2) is 5.11. The highest BCUT2D eigenvalue weighted by Crippen LogP contribution is 2.21. The van der Waals surface area contributed by atoms with Crippen molar-refractivity contribution in [3.05, 3.63) is 29.3 Å². The summed E-state index contributed by atoms with van der Waals surface area (Å²) in [4.78, 5) is 21.5. The number of carbonyl (C=O) groups is 1. The number of nitrogens with two attached hydrogens (primary N) is 1. The van der Waals surface area contributed by atoms with Gasteiger partial charge in [-0.1, -0.05) is 19.1 Å². The number of nitrogens with one attached hydrogen (secondary N) is 1. The number of carbonyl (C=O) groups excluding carboxylic acids is 2. The molecule has 1 aromatic carbocycles. The summed E-state index contributed by atoms with van der Waals surface area (Å²) >= 11 is 0. The molecule has 0 unspecified atom stereocenters. The summed E-state index contributed by atoms with van der Waals surface area (Å²) < 4.78 is 4.87. The smallest absolute Gasteiger partial charge is 0.409 e. The minimum atomic E-state index is -0.771. The van der Waals surface area contributed by atoms with Crippen molar-refractivity contribution in [2.75, 3.05) is 0 Å². The largest absolute Gasteiger partial charge is 0.426 e.